The van der Waals surface area contributed by atoms with E-state index in [1.807, 2.05) is 18.2 Å². The minimum absolute atomic E-state index is 0.384. The number of hydrogen-bond donors (Lipinski definition) is 1. The van der Waals surface area contributed by atoms with Gasteiger partial charge in [0.15, 0.2) is 0 Å². The molecule has 3 heteroatoms. The number of rotatable bonds is 5. The number of benzene rings is 1. The molecule has 1 nitrogen and oxygen atoms in total. The van der Waals surface area contributed by atoms with Crippen LogP contribution in [0.1, 0.15) is 38.3 Å². The lowest BCUT2D eigenvalue weighted by molar-refractivity contribution is 0.509. The molecule has 0 aliphatic heterocycles. The molecule has 0 saturated carbocycles. The molecule has 1 N–H and O–H groups in total. The van der Waals surface area contributed by atoms with Crippen molar-refractivity contribution in [3.63, 3.8) is 0 Å². The minimum atomic E-state index is 0.384. The maximum Gasteiger partial charge on any atom is 0.0595 e. The Kier molecular flexibility index (Phi) is 5.44. The molecule has 1 aromatic carbocycles. The molecule has 0 heterocycles. The topological polar surface area (TPSA) is 12.0 Å². The molecule has 0 aliphatic rings. The van der Waals surface area contributed by atoms with Crippen LogP contribution < -0.4 is 5.32 Å². The Morgan fingerprint density at radius 3 is 2.47 bits per heavy atom. The molecule has 1 atom stereocenters. The highest BCUT2D eigenvalue weighted by Crippen LogP contribution is 2.27. The van der Waals surface area contributed by atoms with Crippen molar-refractivity contribution in [3.05, 3.63) is 33.8 Å². The maximum atomic E-state index is 6.00. The van der Waals surface area contributed by atoms with E-state index in [2.05, 4.69) is 19.2 Å². The van der Waals surface area contributed by atoms with Gasteiger partial charge in [0.2, 0.25) is 0 Å². The van der Waals surface area contributed by atoms with Crippen molar-refractivity contribution >= 4 is 23.2 Å². The van der Waals surface area contributed by atoms with Crippen molar-refractivity contribution in [1.29, 1.82) is 0 Å². The summed E-state index contributed by atoms with van der Waals surface area (Å²) in [5.74, 6) is 0. The molecular weight excluding hydrogens is 229 g/mol. The van der Waals surface area contributed by atoms with E-state index in [1.165, 1.54) is 5.56 Å². The molecule has 0 saturated heterocycles. The molecule has 0 radical (unpaired) electrons. The van der Waals surface area contributed by atoms with Gasteiger partial charge in [0.25, 0.3) is 0 Å². The Labute approximate surface area is 102 Å². The Morgan fingerprint density at radius 1 is 1.20 bits per heavy atom. The van der Waals surface area contributed by atoms with Crippen LogP contribution in [-0.4, -0.2) is 6.54 Å². The third kappa shape index (κ3) is 3.67. The van der Waals surface area contributed by atoms with Crippen molar-refractivity contribution in [1.82, 2.24) is 5.32 Å². The Hall–Kier alpha value is -0.240. The molecule has 0 aromatic heterocycles. The predicted molar refractivity (Wildman–Crippen MR) is 67.8 cm³/mol. The standard InChI is InChI=1S/C12H17Cl2N/c1-3-5-12(15-4-2)9-6-7-10(13)11(14)8-9/h6-8,12,15H,3-5H2,1-2H3. The van der Waals surface area contributed by atoms with E-state index in [4.69, 9.17) is 23.2 Å². The normalized spacial score (nSPS) is 12.8. The number of nitrogens with one attached hydrogen (secondary N) is 1. The molecule has 0 aliphatic carbocycles. The molecule has 15 heavy (non-hydrogen) atoms. The van der Waals surface area contributed by atoms with Crippen LogP contribution in [0, 0.1) is 0 Å². The van der Waals surface area contributed by atoms with E-state index >= 15 is 0 Å². The molecule has 0 spiro atoms. The summed E-state index contributed by atoms with van der Waals surface area (Å²) in [4.78, 5) is 0. The SMILES string of the molecule is CCCC(NCC)c1ccc(Cl)c(Cl)c1. The summed E-state index contributed by atoms with van der Waals surface area (Å²) in [5, 5.41) is 4.70. The van der Waals surface area contributed by atoms with Crippen LogP contribution in [0.4, 0.5) is 0 Å². The molecule has 1 aromatic rings. The van der Waals surface area contributed by atoms with Crippen LogP contribution in [-0.2, 0) is 0 Å². The fourth-order valence-corrected chi connectivity index (χ4v) is 1.96. The van der Waals surface area contributed by atoms with Gasteiger partial charge in [-0.25, -0.2) is 0 Å². The lowest BCUT2D eigenvalue weighted by Crippen LogP contribution is -2.20. The quantitative estimate of drug-likeness (QED) is 0.809. The highest BCUT2D eigenvalue weighted by atomic mass is 35.5. The van der Waals surface area contributed by atoms with Crippen LogP contribution >= 0.6 is 23.2 Å². The summed E-state index contributed by atoms with van der Waals surface area (Å²) in [6.07, 6.45) is 2.27. The molecule has 84 valence electrons. The largest absolute Gasteiger partial charge is 0.310 e. The van der Waals surface area contributed by atoms with Gasteiger partial charge in [-0.1, -0.05) is 49.5 Å². The van der Waals surface area contributed by atoms with Gasteiger partial charge in [-0.15, -0.1) is 0 Å². The second-order valence-electron chi connectivity index (χ2n) is 3.57. The zero-order valence-corrected chi connectivity index (χ0v) is 10.7. The molecule has 0 amide bonds. The fourth-order valence-electron chi connectivity index (χ4n) is 1.65. The van der Waals surface area contributed by atoms with Gasteiger partial charge in [-0.05, 0) is 30.7 Å². The minimum Gasteiger partial charge on any atom is -0.310 e. The Morgan fingerprint density at radius 2 is 1.93 bits per heavy atom. The zero-order chi connectivity index (χ0) is 11.3. The summed E-state index contributed by atoms with van der Waals surface area (Å²) in [6.45, 7) is 5.26. The maximum absolute atomic E-state index is 6.00. The lowest BCUT2D eigenvalue weighted by Gasteiger charge is -2.18. The summed E-state index contributed by atoms with van der Waals surface area (Å²) in [5.41, 5.74) is 1.22. The van der Waals surface area contributed by atoms with Crippen LogP contribution in [0.2, 0.25) is 10.0 Å². The smallest absolute Gasteiger partial charge is 0.0595 e. The molecule has 0 bridgehead atoms. The predicted octanol–water partition coefficient (Wildman–Crippen LogP) is 4.44. The van der Waals surface area contributed by atoms with Gasteiger partial charge in [-0.3, -0.25) is 0 Å². The monoisotopic (exact) mass is 245 g/mol. The van der Waals surface area contributed by atoms with Gasteiger partial charge >= 0.3 is 0 Å². The van der Waals surface area contributed by atoms with Gasteiger partial charge in [0.05, 0.1) is 10.0 Å². The average molecular weight is 246 g/mol. The molecule has 1 unspecified atom stereocenters. The van der Waals surface area contributed by atoms with Gasteiger partial charge in [0.1, 0.15) is 0 Å². The highest BCUT2D eigenvalue weighted by molar-refractivity contribution is 6.42. The van der Waals surface area contributed by atoms with Gasteiger partial charge < -0.3 is 5.32 Å². The fraction of sp³-hybridized carbons (Fsp3) is 0.500. The van der Waals surface area contributed by atoms with E-state index in [0.29, 0.717) is 16.1 Å². The van der Waals surface area contributed by atoms with E-state index in [0.717, 1.165) is 19.4 Å². The molecular formula is C12H17Cl2N. The van der Waals surface area contributed by atoms with Crippen LogP contribution in [0.15, 0.2) is 18.2 Å². The molecule has 0 fully saturated rings. The van der Waals surface area contributed by atoms with E-state index in [9.17, 15) is 0 Å². The van der Waals surface area contributed by atoms with Crippen molar-refractivity contribution in [3.8, 4) is 0 Å². The van der Waals surface area contributed by atoms with E-state index < -0.39 is 0 Å². The van der Waals surface area contributed by atoms with Gasteiger partial charge in [0, 0.05) is 6.04 Å². The van der Waals surface area contributed by atoms with Crippen molar-refractivity contribution in [2.75, 3.05) is 6.54 Å². The first-order valence-corrected chi connectivity index (χ1v) is 6.13. The third-order valence-corrected chi connectivity index (χ3v) is 3.11. The first kappa shape index (κ1) is 12.8. The first-order chi connectivity index (χ1) is 7.19. The summed E-state index contributed by atoms with van der Waals surface area (Å²) in [7, 11) is 0. The van der Waals surface area contributed by atoms with Crippen LogP contribution in [0.5, 0.6) is 0 Å². The van der Waals surface area contributed by atoms with Crippen molar-refractivity contribution in [2.24, 2.45) is 0 Å². The van der Waals surface area contributed by atoms with E-state index in [1.54, 1.807) is 0 Å². The summed E-state index contributed by atoms with van der Waals surface area (Å²) < 4.78 is 0. The Balaban J connectivity index is 2.85. The second kappa shape index (κ2) is 6.37. The average Bonchev–Trinajstić information content (AvgIpc) is 2.22. The molecule has 1 rings (SSSR count). The van der Waals surface area contributed by atoms with Crippen LogP contribution in [0.3, 0.4) is 0 Å². The summed E-state index contributed by atoms with van der Waals surface area (Å²) >= 11 is 11.9. The lowest BCUT2D eigenvalue weighted by atomic mass is 10.0. The van der Waals surface area contributed by atoms with Gasteiger partial charge in [-0.2, -0.15) is 0 Å². The number of halogens is 2. The third-order valence-electron chi connectivity index (χ3n) is 2.37. The zero-order valence-electron chi connectivity index (χ0n) is 9.19. The number of hydrogen-bond acceptors (Lipinski definition) is 1. The van der Waals surface area contributed by atoms with Crippen molar-refractivity contribution < 1.29 is 0 Å². The summed E-state index contributed by atoms with van der Waals surface area (Å²) in [6, 6.07) is 6.23. The van der Waals surface area contributed by atoms with Crippen molar-refractivity contribution in [2.45, 2.75) is 32.7 Å². The second-order valence-corrected chi connectivity index (χ2v) is 4.39. The highest BCUT2D eigenvalue weighted by Gasteiger charge is 2.10. The van der Waals surface area contributed by atoms with E-state index in [-0.39, 0.29) is 0 Å². The first-order valence-electron chi connectivity index (χ1n) is 5.37. The Bertz CT molecular complexity index is 306. The van der Waals surface area contributed by atoms with Crippen LogP contribution in [0.25, 0.3) is 0 Å².